The van der Waals surface area contributed by atoms with Gasteiger partial charge in [0.25, 0.3) is 0 Å². The van der Waals surface area contributed by atoms with Crippen molar-refractivity contribution < 1.29 is 4.74 Å². The fourth-order valence-electron chi connectivity index (χ4n) is 3.40. The smallest absolute Gasteiger partial charge is 0.156 e. The largest absolute Gasteiger partial charge is 0.377 e. The number of rotatable bonds is 6. The normalized spacial score (nSPS) is 22.3. The third kappa shape index (κ3) is 4.40. The molecule has 0 N–H and O–H groups in total. The first-order chi connectivity index (χ1) is 10.1. The van der Waals surface area contributed by atoms with E-state index in [4.69, 9.17) is 4.74 Å². The Morgan fingerprint density at radius 2 is 1.95 bits per heavy atom. The molecule has 0 unspecified atom stereocenters. The average Bonchev–Trinajstić information content (AvgIpc) is 2.47. The van der Waals surface area contributed by atoms with Gasteiger partial charge in [0.15, 0.2) is 5.82 Å². The van der Waals surface area contributed by atoms with Gasteiger partial charge in [-0.15, -0.1) is 0 Å². The molecule has 1 aliphatic carbocycles. The summed E-state index contributed by atoms with van der Waals surface area (Å²) < 4.78 is 5.16. The van der Waals surface area contributed by atoms with Gasteiger partial charge in [0.1, 0.15) is 12.4 Å². The lowest BCUT2D eigenvalue weighted by molar-refractivity contribution is 0.177. The molecule has 2 rings (SSSR count). The van der Waals surface area contributed by atoms with E-state index in [1.807, 2.05) is 6.92 Å². The van der Waals surface area contributed by atoms with Crippen LogP contribution < -0.4 is 4.90 Å². The molecule has 0 aliphatic heterocycles. The molecule has 0 amide bonds. The van der Waals surface area contributed by atoms with Crippen LogP contribution >= 0.6 is 0 Å². The van der Waals surface area contributed by atoms with Crippen LogP contribution in [-0.4, -0.2) is 30.2 Å². The van der Waals surface area contributed by atoms with Crippen molar-refractivity contribution >= 4 is 5.82 Å². The molecule has 118 valence electrons. The monoisotopic (exact) mass is 291 g/mol. The Bertz CT molecular complexity index is 442. The number of aryl methyl sites for hydroxylation is 1. The first kappa shape index (κ1) is 16.2. The van der Waals surface area contributed by atoms with Gasteiger partial charge in [-0.05, 0) is 38.5 Å². The zero-order valence-corrected chi connectivity index (χ0v) is 13.9. The standard InChI is InChI=1S/C17H29N3O/c1-5-6-14-7-9-15(10-8-14)20(3)17-11-13(2)18-16(19-17)12-21-4/h11,14-15H,5-10,12H2,1-4H3. The number of methoxy groups -OCH3 is 1. The van der Waals surface area contributed by atoms with Gasteiger partial charge in [0.05, 0.1) is 0 Å². The highest BCUT2D eigenvalue weighted by Crippen LogP contribution is 2.31. The van der Waals surface area contributed by atoms with E-state index < -0.39 is 0 Å². The van der Waals surface area contributed by atoms with Crippen LogP contribution in [0.4, 0.5) is 5.82 Å². The minimum Gasteiger partial charge on any atom is -0.377 e. The third-order valence-corrected chi connectivity index (χ3v) is 4.58. The zero-order chi connectivity index (χ0) is 15.2. The van der Waals surface area contributed by atoms with Crippen molar-refractivity contribution in [1.82, 2.24) is 9.97 Å². The van der Waals surface area contributed by atoms with Crippen molar-refractivity contribution in [3.05, 3.63) is 17.6 Å². The molecule has 1 aromatic heterocycles. The number of hydrogen-bond acceptors (Lipinski definition) is 4. The summed E-state index contributed by atoms with van der Waals surface area (Å²) in [6.07, 6.45) is 7.99. The molecule has 1 saturated carbocycles. The summed E-state index contributed by atoms with van der Waals surface area (Å²) in [5.41, 5.74) is 1.01. The van der Waals surface area contributed by atoms with E-state index in [1.165, 1.54) is 38.5 Å². The van der Waals surface area contributed by atoms with Gasteiger partial charge in [-0.3, -0.25) is 0 Å². The van der Waals surface area contributed by atoms with Crippen LogP contribution in [0.25, 0.3) is 0 Å². The Hall–Kier alpha value is -1.16. The maximum Gasteiger partial charge on any atom is 0.156 e. The van der Waals surface area contributed by atoms with Crippen LogP contribution in [0.3, 0.4) is 0 Å². The number of nitrogens with zero attached hydrogens (tertiary/aromatic N) is 3. The molecule has 0 aromatic carbocycles. The molecule has 0 bridgehead atoms. The van der Waals surface area contributed by atoms with Crippen molar-refractivity contribution in [3.8, 4) is 0 Å². The maximum absolute atomic E-state index is 5.16. The number of hydrogen-bond donors (Lipinski definition) is 0. The minimum atomic E-state index is 0.478. The van der Waals surface area contributed by atoms with Gasteiger partial charge in [-0.1, -0.05) is 19.8 Å². The summed E-state index contributed by atoms with van der Waals surface area (Å²) >= 11 is 0. The Morgan fingerprint density at radius 1 is 1.24 bits per heavy atom. The zero-order valence-electron chi connectivity index (χ0n) is 13.9. The molecule has 0 atom stereocenters. The highest BCUT2D eigenvalue weighted by Gasteiger charge is 2.24. The number of aromatic nitrogens is 2. The lowest BCUT2D eigenvalue weighted by atomic mass is 9.83. The Labute approximate surface area is 128 Å². The van der Waals surface area contributed by atoms with Crippen LogP contribution in [0.2, 0.25) is 0 Å². The second kappa shape index (κ2) is 7.74. The van der Waals surface area contributed by atoms with E-state index in [1.54, 1.807) is 7.11 Å². The molecule has 0 spiro atoms. The maximum atomic E-state index is 5.16. The highest BCUT2D eigenvalue weighted by molar-refractivity contribution is 5.40. The van der Waals surface area contributed by atoms with Gasteiger partial charge in [-0.25, -0.2) is 9.97 Å². The van der Waals surface area contributed by atoms with Gasteiger partial charge < -0.3 is 9.64 Å². The Balaban J connectivity index is 2.01. The second-order valence-electron chi connectivity index (χ2n) is 6.29. The summed E-state index contributed by atoms with van der Waals surface area (Å²) in [4.78, 5) is 11.4. The van der Waals surface area contributed by atoms with E-state index in [0.29, 0.717) is 12.6 Å². The fourth-order valence-corrected chi connectivity index (χ4v) is 3.40. The van der Waals surface area contributed by atoms with E-state index in [-0.39, 0.29) is 0 Å². The van der Waals surface area contributed by atoms with Gasteiger partial charge in [-0.2, -0.15) is 0 Å². The number of ether oxygens (including phenoxy) is 1. The van der Waals surface area contributed by atoms with Crippen molar-refractivity contribution in [2.45, 2.75) is 65.0 Å². The SMILES string of the molecule is CCCC1CCC(N(C)c2cc(C)nc(COC)n2)CC1. The van der Waals surface area contributed by atoms with E-state index in [0.717, 1.165) is 23.3 Å². The van der Waals surface area contributed by atoms with Crippen LogP contribution in [0, 0.1) is 12.8 Å². The molecular weight excluding hydrogens is 262 g/mol. The fraction of sp³-hybridized carbons (Fsp3) is 0.765. The van der Waals surface area contributed by atoms with Crippen molar-refractivity contribution in [1.29, 1.82) is 0 Å². The quantitative estimate of drug-likeness (QED) is 0.800. The van der Waals surface area contributed by atoms with E-state index >= 15 is 0 Å². The van der Waals surface area contributed by atoms with Crippen LogP contribution in [0.1, 0.15) is 57.0 Å². The molecule has 0 radical (unpaired) electrons. The highest BCUT2D eigenvalue weighted by atomic mass is 16.5. The van der Waals surface area contributed by atoms with Gasteiger partial charge in [0.2, 0.25) is 0 Å². The Morgan fingerprint density at radius 3 is 2.57 bits per heavy atom. The van der Waals surface area contributed by atoms with Crippen LogP contribution in [0.5, 0.6) is 0 Å². The predicted octanol–water partition coefficient (Wildman–Crippen LogP) is 3.73. The summed E-state index contributed by atoms with van der Waals surface area (Å²) in [6.45, 7) is 4.79. The van der Waals surface area contributed by atoms with Crippen molar-refractivity contribution in [2.24, 2.45) is 5.92 Å². The summed E-state index contributed by atoms with van der Waals surface area (Å²) in [6, 6.07) is 2.69. The topological polar surface area (TPSA) is 38.2 Å². The summed E-state index contributed by atoms with van der Waals surface area (Å²) in [5.74, 6) is 2.75. The van der Waals surface area contributed by atoms with E-state index in [2.05, 4.69) is 34.9 Å². The van der Waals surface area contributed by atoms with Crippen molar-refractivity contribution in [2.75, 3.05) is 19.1 Å². The molecule has 1 aliphatic rings. The van der Waals surface area contributed by atoms with Crippen LogP contribution in [-0.2, 0) is 11.3 Å². The van der Waals surface area contributed by atoms with Gasteiger partial charge in [0, 0.05) is 32.0 Å². The lowest BCUT2D eigenvalue weighted by Crippen LogP contribution is -2.36. The average molecular weight is 291 g/mol. The molecule has 1 fully saturated rings. The Kier molecular flexibility index (Phi) is 5.97. The first-order valence-electron chi connectivity index (χ1n) is 8.20. The molecule has 1 aromatic rings. The second-order valence-corrected chi connectivity index (χ2v) is 6.29. The molecule has 21 heavy (non-hydrogen) atoms. The predicted molar refractivity (Wildman–Crippen MR) is 86.5 cm³/mol. The molecule has 4 nitrogen and oxygen atoms in total. The van der Waals surface area contributed by atoms with Crippen LogP contribution in [0.15, 0.2) is 6.07 Å². The lowest BCUT2D eigenvalue weighted by Gasteiger charge is -2.35. The summed E-state index contributed by atoms with van der Waals surface area (Å²) in [5, 5.41) is 0. The molecule has 1 heterocycles. The third-order valence-electron chi connectivity index (χ3n) is 4.58. The molecule has 4 heteroatoms. The number of anilines is 1. The minimum absolute atomic E-state index is 0.478. The molecular formula is C17H29N3O. The van der Waals surface area contributed by atoms with E-state index in [9.17, 15) is 0 Å². The van der Waals surface area contributed by atoms with Crippen molar-refractivity contribution in [3.63, 3.8) is 0 Å². The summed E-state index contributed by atoms with van der Waals surface area (Å²) in [7, 11) is 3.85. The van der Waals surface area contributed by atoms with Gasteiger partial charge >= 0.3 is 0 Å². The first-order valence-corrected chi connectivity index (χ1v) is 8.20. The molecule has 0 saturated heterocycles.